The largest absolute Gasteiger partial charge is 0.388 e. The molecule has 1 rings (SSSR count). The highest BCUT2D eigenvalue weighted by molar-refractivity contribution is 4.76. The quantitative estimate of drug-likeness (QED) is 0.475. The molecule has 1 atom stereocenters. The summed E-state index contributed by atoms with van der Waals surface area (Å²) in [5.41, 5.74) is 0. The lowest BCUT2D eigenvalue weighted by Gasteiger charge is -2.26. The summed E-state index contributed by atoms with van der Waals surface area (Å²) >= 11 is 0. The van der Waals surface area contributed by atoms with Crippen molar-refractivity contribution in [3.63, 3.8) is 0 Å². The highest BCUT2D eigenvalue weighted by Gasteiger charge is 2.32. The third kappa shape index (κ3) is 2.73. The minimum Gasteiger partial charge on any atom is -0.388 e. The zero-order valence-corrected chi connectivity index (χ0v) is 7.37. The first-order valence-corrected chi connectivity index (χ1v) is 4.76. The lowest BCUT2D eigenvalue weighted by atomic mass is 10.0. The van der Waals surface area contributed by atoms with E-state index in [0.29, 0.717) is 12.8 Å². The SMILES string of the molecule is OC1CCCCCCCC1(O)O. The summed E-state index contributed by atoms with van der Waals surface area (Å²) in [5, 5.41) is 28.1. The molecule has 0 aliphatic heterocycles. The van der Waals surface area contributed by atoms with Gasteiger partial charge in [0.15, 0.2) is 5.79 Å². The van der Waals surface area contributed by atoms with Crippen molar-refractivity contribution in [2.45, 2.75) is 56.8 Å². The predicted octanol–water partition coefficient (Wildman–Crippen LogP) is 0.772. The minimum absolute atomic E-state index is 0.300. The van der Waals surface area contributed by atoms with Gasteiger partial charge in [0.2, 0.25) is 0 Å². The fourth-order valence-electron chi connectivity index (χ4n) is 1.65. The summed E-state index contributed by atoms with van der Waals surface area (Å²) in [5.74, 6) is -1.84. The normalized spacial score (nSPS) is 31.8. The highest BCUT2D eigenvalue weighted by atomic mass is 16.5. The van der Waals surface area contributed by atoms with E-state index in [1.807, 2.05) is 0 Å². The maximum atomic E-state index is 9.38. The van der Waals surface area contributed by atoms with Crippen LogP contribution in [0.4, 0.5) is 0 Å². The Labute approximate surface area is 73.0 Å². The van der Waals surface area contributed by atoms with Gasteiger partial charge in [-0.15, -0.1) is 0 Å². The molecule has 0 aromatic rings. The monoisotopic (exact) mass is 174 g/mol. The average molecular weight is 174 g/mol. The molecule has 0 spiro atoms. The van der Waals surface area contributed by atoms with Gasteiger partial charge in [0.05, 0.1) is 0 Å². The Morgan fingerprint density at radius 1 is 0.917 bits per heavy atom. The number of aliphatic hydroxyl groups is 3. The summed E-state index contributed by atoms with van der Waals surface area (Å²) < 4.78 is 0. The third-order valence-corrected chi connectivity index (χ3v) is 2.56. The molecule has 3 heteroatoms. The van der Waals surface area contributed by atoms with Gasteiger partial charge >= 0.3 is 0 Å². The van der Waals surface area contributed by atoms with E-state index in [2.05, 4.69) is 0 Å². The second kappa shape index (κ2) is 4.21. The first kappa shape index (κ1) is 9.96. The van der Waals surface area contributed by atoms with Crippen LogP contribution in [0.25, 0.3) is 0 Å². The van der Waals surface area contributed by atoms with Crippen LogP contribution in [0.15, 0.2) is 0 Å². The second-order valence-electron chi connectivity index (χ2n) is 3.70. The van der Waals surface area contributed by atoms with Crippen molar-refractivity contribution in [1.29, 1.82) is 0 Å². The van der Waals surface area contributed by atoms with Crippen molar-refractivity contribution in [3.8, 4) is 0 Å². The molecule has 0 aromatic carbocycles. The van der Waals surface area contributed by atoms with Gasteiger partial charge in [0.25, 0.3) is 0 Å². The summed E-state index contributed by atoms with van der Waals surface area (Å²) in [6.45, 7) is 0. The van der Waals surface area contributed by atoms with Gasteiger partial charge in [0, 0.05) is 6.42 Å². The fraction of sp³-hybridized carbons (Fsp3) is 1.00. The second-order valence-corrected chi connectivity index (χ2v) is 3.70. The summed E-state index contributed by atoms with van der Waals surface area (Å²) in [6.07, 6.45) is 4.80. The lowest BCUT2D eigenvalue weighted by Crippen LogP contribution is -2.41. The molecule has 0 saturated heterocycles. The molecule has 1 saturated carbocycles. The number of rotatable bonds is 0. The van der Waals surface area contributed by atoms with Crippen molar-refractivity contribution < 1.29 is 15.3 Å². The van der Waals surface area contributed by atoms with E-state index in [0.717, 1.165) is 32.1 Å². The van der Waals surface area contributed by atoms with E-state index in [9.17, 15) is 15.3 Å². The van der Waals surface area contributed by atoms with Gasteiger partial charge in [-0.3, -0.25) is 0 Å². The molecule has 1 aliphatic rings. The van der Waals surface area contributed by atoms with Crippen LogP contribution in [0.2, 0.25) is 0 Å². The fourth-order valence-corrected chi connectivity index (χ4v) is 1.65. The predicted molar refractivity (Wildman–Crippen MR) is 45.5 cm³/mol. The van der Waals surface area contributed by atoms with Crippen LogP contribution in [-0.2, 0) is 0 Å². The van der Waals surface area contributed by atoms with E-state index in [-0.39, 0.29) is 0 Å². The molecule has 3 nitrogen and oxygen atoms in total. The molecule has 72 valence electrons. The first-order chi connectivity index (χ1) is 5.63. The van der Waals surface area contributed by atoms with Gasteiger partial charge in [-0.1, -0.05) is 25.7 Å². The van der Waals surface area contributed by atoms with Crippen molar-refractivity contribution >= 4 is 0 Å². The van der Waals surface area contributed by atoms with Gasteiger partial charge in [0.1, 0.15) is 6.10 Å². The Hall–Kier alpha value is -0.120. The first-order valence-electron chi connectivity index (χ1n) is 4.76. The van der Waals surface area contributed by atoms with Crippen LogP contribution < -0.4 is 0 Å². The summed E-state index contributed by atoms with van der Waals surface area (Å²) in [6, 6.07) is 0. The molecular weight excluding hydrogens is 156 g/mol. The molecule has 0 heterocycles. The summed E-state index contributed by atoms with van der Waals surface area (Å²) in [7, 11) is 0. The maximum absolute atomic E-state index is 9.38. The number of aliphatic hydroxyl groups excluding tert-OH is 1. The lowest BCUT2D eigenvalue weighted by molar-refractivity contribution is -0.230. The van der Waals surface area contributed by atoms with Gasteiger partial charge in [-0.25, -0.2) is 0 Å². The average Bonchev–Trinajstić information content (AvgIpc) is 2.06. The van der Waals surface area contributed by atoms with Gasteiger partial charge in [-0.2, -0.15) is 0 Å². The van der Waals surface area contributed by atoms with E-state index in [4.69, 9.17) is 0 Å². The van der Waals surface area contributed by atoms with Crippen LogP contribution >= 0.6 is 0 Å². The molecule has 0 amide bonds. The Morgan fingerprint density at radius 3 is 2.25 bits per heavy atom. The van der Waals surface area contributed by atoms with Crippen LogP contribution in [0, 0.1) is 0 Å². The zero-order valence-electron chi connectivity index (χ0n) is 7.37. The van der Waals surface area contributed by atoms with E-state index < -0.39 is 11.9 Å². The Morgan fingerprint density at radius 2 is 1.50 bits per heavy atom. The van der Waals surface area contributed by atoms with Gasteiger partial charge < -0.3 is 15.3 Å². The number of hydrogen-bond donors (Lipinski definition) is 3. The third-order valence-electron chi connectivity index (χ3n) is 2.56. The Balaban J connectivity index is 2.47. The molecule has 1 unspecified atom stereocenters. The topological polar surface area (TPSA) is 60.7 Å². The zero-order chi connectivity index (χ0) is 9.03. The molecule has 3 N–H and O–H groups in total. The van der Waals surface area contributed by atoms with Crippen LogP contribution in [0.1, 0.15) is 44.9 Å². The van der Waals surface area contributed by atoms with Crippen LogP contribution in [0.5, 0.6) is 0 Å². The molecule has 0 bridgehead atoms. The Kier molecular flexibility index (Phi) is 3.50. The highest BCUT2D eigenvalue weighted by Crippen LogP contribution is 2.23. The minimum atomic E-state index is -1.84. The Bertz CT molecular complexity index is 134. The van der Waals surface area contributed by atoms with Crippen molar-refractivity contribution in [2.75, 3.05) is 0 Å². The maximum Gasteiger partial charge on any atom is 0.189 e. The molecule has 12 heavy (non-hydrogen) atoms. The van der Waals surface area contributed by atoms with Crippen LogP contribution in [0.3, 0.4) is 0 Å². The van der Waals surface area contributed by atoms with Crippen molar-refractivity contribution in [1.82, 2.24) is 0 Å². The smallest absolute Gasteiger partial charge is 0.189 e. The molecular formula is C9H18O3. The standard InChI is InChI=1S/C9H18O3/c10-8-6-4-2-1-3-5-7-9(8,11)12/h8,10-12H,1-7H2. The number of hydrogen-bond acceptors (Lipinski definition) is 3. The van der Waals surface area contributed by atoms with E-state index >= 15 is 0 Å². The van der Waals surface area contributed by atoms with Crippen LogP contribution in [-0.4, -0.2) is 27.2 Å². The molecule has 1 aliphatic carbocycles. The summed E-state index contributed by atoms with van der Waals surface area (Å²) in [4.78, 5) is 0. The molecule has 0 radical (unpaired) electrons. The van der Waals surface area contributed by atoms with Gasteiger partial charge in [-0.05, 0) is 12.8 Å². The molecule has 0 aromatic heterocycles. The van der Waals surface area contributed by atoms with E-state index in [1.165, 1.54) is 0 Å². The molecule has 1 fully saturated rings. The van der Waals surface area contributed by atoms with E-state index in [1.54, 1.807) is 0 Å². The van der Waals surface area contributed by atoms with Crippen molar-refractivity contribution in [3.05, 3.63) is 0 Å². The van der Waals surface area contributed by atoms with Crippen molar-refractivity contribution in [2.24, 2.45) is 0 Å².